The van der Waals surface area contributed by atoms with Crippen molar-refractivity contribution in [2.75, 3.05) is 11.9 Å². The highest BCUT2D eigenvalue weighted by Crippen LogP contribution is 2.18. The molecular weight excluding hydrogens is 279 g/mol. The van der Waals surface area contributed by atoms with Crippen LogP contribution < -0.4 is 5.32 Å². The molecule has 0 saturated carbocycles. The lowest BCUT2D eigenvalue weighted by Gasteiger charge is -2.22. The van der Waals surface area contributed by atoms with Gasteiger partial charge in [0.25, 0.3) is 5.91 Å². The van der Waals surface area contributed by atoms with Crippen molar-refractivity contribution < 1.29 is 32.6 Å². The first-order chi connectivity index (χ1) is 9.13. The van der Waals surface area contributed by atoms with Gasteiger partial charge >= 0.3 is 12.1 Å². The number of amides is 1. The molecule has 1 atom stereocenters. The highest BCUT2D eigenvalue weighted by Gasteiger charge is 2.43. The van der Waals surface area contributed by atoms with E-state index in [-0.39, 0.29) is 0 Å². The van der Waals surface area contributed by atoms with Crippen LogP contribution in [0, 0.1) is 0 Å². The number of anilines is 1. The van der Waals surface area contributed by atoms with Gasteiger partial charge in [0, 0.05) is 5.69 Å². The Kier molecular flexibility index (Phi) is 4.72. The second kappa shape index (κ2) is 5.91. The number of para-hydroxylation sites is 1. The molecule has 0 radical (unpaired) electrons. The van der Waals surface area contributed by atoms with Crippen LogP contribution in [0.2, 0.25) is 0 Å². The molecule has 0 aromatic heterocycles. The van der Waals surface area contributed by atoms with Crippen LogP contribution in [-0.4, -0.2) is 35.4 Å². The van der Waals surface area contributed by atoms with Crippen molar-refractivity contribution in [3.05, 3.63) is 30.3 Å². The minimum absolute atomic E-state index is 0.347. The van der Waals surface area contributed by atoms with E-state index in [1.807, 2.05) is 0 Å². The van der Waals surface area contributed by atoms with Crippen LogP contribution in [0.25, 0.3) is 0 Å². The highest BCUT2D eigenvalue weighted by molar-refractivity contribution is 5.97. The summed E-state index contributed by atoms with van der Waals surface area (Å²) in [6, 6.07) is 7.98. The highest BCUT2D eigenvalue weighted by atomic mass is 19.4. The summed E-state index contributed by atoms with van der Waals surface area (Å²) in [5, 5.41) is 12.0. The van der Waals surface area contributed by atoms with Gasteiger partial charge in [-0.15, -0.1) is 0 Å². The summed E-state index contributed by atoms with van der Waals surface area (Å²) in [7, 11) is 0. The zero-order valence-corrected chi connectivity index (χ0v) is 10.4. The standard InChI is InChI=1S/C12H12F3NO4/c1-11(19,7-20-10(18)12(13,14)15)9(17)16-8-5-3-2-4-6-8/h2-6,19H,7H2,1H3,(H,16,17)/t11-/m0/s1. The van der Waals surface area contributed by atoms with Gasteiger partial charge in [-0.25, -0.2) is 4.79 Å². The minimum atomic E-state index is -5.17. The van der Waals surface area contributed by atoms with Crippen molar-refractivity contribution in [3.8, 4) is 0 Å². The van der Waals surface area contributed by atoms with E-state index >= 15 is 0 Å². The third kappa shape index (κ3) is 4.54. The summed E-state index contributed by atoms with van der Waals surface area (Å²) in [6.07, 6.45) is -5.17. The number of benzene rings is 1. The summed E-state index contributed by atoms with van der Waals surface area (Å²) in [4.78, 5) is 22.2. The molecule has 8 heteroatoms. The van der Waals surface area contributed by atoms with Gasteiger partial charge in [-0.2, -0.15) is 13.2 Å². The SMILES string of the molecule is C[C@](O)(COC(=O)C(F)(F)F)C(=O)Nc1ccccc1. The van der Waals surface area contributed by atoms with Crippen LogP contribution in [0.3, 0.4) is 0 Å². The van der Waals surface area contributed by atoms with Crippen molar-refractivity contribution in [2.45, 2.75) is 18.7 Å². The second-order valence-corrected chi connectivity index (χ2v) is 4.17. The lowest BCUT2D eigenvalue weighted by Crippen LogP contribution is -2.45. The van der Waals surface area contributed by atoms with Gasteiger partial charge in [-0.1, -0.05) is 18.2 Å². The predicted molar refractivity (Wildman–Crippen MR) is 62.7 cm³/mol. The molecule has 110 valence electrons. The first-order valence-corrected chi connectivity index (χ1v) is 5.46. The van der Waals surface area contributed by atoms with Crippen LogP contribution in [0.15, 0.2) is 30.3 Å². The molecule has 1 rings (SSSR count). The molecule has 0 spiro atoms. The summed E-state index contributed by atoms with van der Waals surface area (Å²) in [5.41, 5.74) is -1.93. The lowest BCUT2D eigenvalue weighted by atomic mass is 10.1. The zero-order valence-electron chi connectivity index (χ0n) is 10.4. The summed E-state index contributed by atoms with van der Waals surface area (Å²) in [6.45, 7) is -0.168. The fourth-order valence-electron chi connectivity index (χ4n) is 1.14. The van der Waals surface area contributed by atoms with Gasteiger partial charge in [0.05, 0.1) is 0 Å². The van der Waals surface area contributed by atoms with E-state index in [0.717, 1.165) is 6.92 Å². The second-order valence-electron chi connectivity index (χ2n) is 4.17. The van der Waals surface area contributed by atoms with E-state index in [0.29, 0.717) is 5.69 Å². The van der Waals surface area contributed by atoms with Gasteiger partial charge in [0.15, 0.2) is 5.60 Å². The van der Waals surface area contributed by atoms with E-state index in [1.54, 1.807) is 18.2 Å². The molecule has 0 heterocycles. The number of carbonyl (C=O) groups is 2. The van der Waals surface area contributed by atoms with Crippen LogP contribution in [0.5, 0.6) is 0 Å². The minimum Gasteiger partial charge on any atom is -0.455 e. The Labute approximate surface area is 112 Å². The Morgan fingerprint density at radius 3 is 2.30 bits per heavy atom. The maximum atomic E-state index is 11.9. The van der Waals surface area contributed by atoms with Gasteiger partial charge in [-0.3, -0.25) is 4.79 Å². The number of hydrogen-bond acceptors (Lipinski definition) is 4. The molecule has 1 aromatic carbocycles. The van der Waals surface area contributed by atoms with Crippen LogP contribution in [0.1, 0.15) is 6.92 Å². The normalized spacial score (nSPS) is 14.2. The van der Waals surface area contributed by atoms with E-state index < -0.39 is 30.3 Å². The van der Waals surface area contributed by atoms with Gasteiger partial charge in [-0.05, 0) is 19.1 Å². The number of hydrogen-bond donors (Lipinski definition) is 2. The molecule has 2 N–H and O–H groups in total. The average molecular weight is 291 g/mol. The molecule has 1 aromatic rings. The van der Waals surface area contributed by atoms with Crippen LogP contribution in [-0.2, 0) is 14.3 Å². The number of nitrogens with one attached hydrogen (secondary N) is 1. The Morgan fingerprint density at radius 2 is 1.80 bits per heavy atom. The van der Waals surface area contributed by atoms with Crippen LogP contribution >= 0.6 is 0 Å². The van der Waals surface area contributed by atoms with Crippen LogP contribution in [0.4, 0.5) is 18.9 Å². The monoisotopic (exact) mass is 291 g/mol. The molecule has 0 aliphatic carbocycles. The Balaban J connectivity index is 2.60. The van der Waals surface area contributed by atoms with Gasteiger partial charge < -0.3 is 15.2 Å². The van der Waals surface area contributed by atoms with E-state index in [2.05, 4.69) is 10.1 Å². The first-order valence-electron chi connectivity index (χ1n) is 5.46. The molecule has 0 saturated heterocycles. The number of esters is 1. The molecule has 0 aliphatic heterocycles. The molecule has 0 fully saturated rings. The van der Waals surface area contributed by atoms with Crippen molar-refractivity contribution >= 4 is 17.6 Å². The molecule has 0 bridgehead atoms. The van der Waals surface area contributed by atoms with Crippen molar-refractivity contribution in [1.29, 1.82) is 0 Å². The summed E-state index contributed by atoms with van der Waals surface area (Å²) >= 11 is 0. The first kappa shape index (κ1) is 16.0. The molecule has 5 nitrogen and oxygen atoms in total. The van der Waals surface area contributed by atoms with Gasteiger partial charge in [0.2, 0.25) is 0 Å². The van der Waals surface area contributed by atoms with Crippen molar-refractivity contribution in [2.24, 2.45) is 0 Å². The van der Waals surface area contributed by atoms with E-state index in [1.165, 1.54) is 12.1 Å². The predicted octanol–water partition coefficient (Wildman–Crippen LogP) is 1.48. The molecule has 0 unspecified atom stereocenters. The fourth-order valence-corrected chi connectivity index (χ4v) is 1.14. The van der Waals surface area contributed by atoms with E-state index in [9.17, 15) is 27.9 Å². The third-order valence-corrected chi connectivity index (χ3v) is 2.24. The Bertz CT molecular complexity index is 485. The van der Waals surface area contributed by atoms with Crippen molar-refractivity contribution in [3.63, 3.8) is 0 Å². The molecule has 20 heavy (non-hydrogen) atoms. The summed E-state index contributed by atoms with van der Waals surface area (Å²) < 4.78 is 39.6. The largest absolute Gasteiger partial charge is 0.490 e. The number of carbonyl (C=O) groups excluding carboxylic acids is 2. The number of alkyl halides is 3. The summed E-state index contributed by atoms with van der Waals surface area (Å²) in [5.74, 6) is -3.45. The number of aliphatic hydroxyl groups is 1. The maximum absolute atomic E-state index is 11.9. The Hall–Kier alpha value is -2.09. The Morgan fingerprint density at radius 1 is 1.25 bits per heavy atom. The lowest BCUT2D eigenvalue weighted by molar-refractivity contribution is -0.204. The molecular formula is C12H12F3NO4. The topological polar surface area (TPSA) is 75.6 Å². The molecule has 1 amide bonds. The number of ether oxygens (including phenoxy) is 1. The van der Waals surface area contributed by atoms with Gasteiger partial charge in [0.1, 0.15) is 6.61 Å². The number of rotatable bonds is 4. The molecule has 0 aliphatic rings. The fraction of sp³-hybridized carbons (Fsp3) is 0.333. The third-order valence-electron chi connectivity index (χ3n) is 2.24. The van der Waals surface area contributed by atoms with Crippen molar-refractivity contribution in [1.82, 2.24) is 0 Å². The quantitative estimate of drug-likeness (QED) is 0.824. The zero-order chi connectivity index (χ0) is 15.4. The maximum Gasteiger partial charge on any atom is 0.490 e. The average Bonchev–Trinajstić information content (AvgIpc) is 2.36. The van der Waals surface area contributed by atoms with E-state index in [4.69, 9.17) is 0 Å². The number of halogens is 3. The smallest absolute Gasteiger partial charge is 0.455 e.